The number of benzene rings is 1. The van der Waals surface area contributed by atoms with E-state index in [0.717, 1.165) is 45.1 Å². The van der Waals surface area contributed by atoms with Crippen LogP contribution in [0.1, 0.15) is 54.7 Å². The molecule has 2 aliphatic rings. The number of nitrogens with one attached hydrogen (secondary N) is 1. The lowest BCUT2D eigenvalue weighted by Crippen LogP contribution is -2.44. The first-order valence-electron chi connectivity index (χ1n) is 9.03. The van der Waals surface area contributed by atoms with Crippen LogP contribution in [-0.4, -0.2) is 38.8 Å². The standard InChI is InChI=1S/C18H23N5O2/c24-16(14-7-2-1-3-8-14)19-18(10-4-5-11-18)17-20-22-23(21-17)13-15-9-6-12-25-15/h1-3,7-8,15H,4-6,9-13H2,(H,19,24)/t15-/m1/s1. The molecular weight excluding hydrogens is 318 g/mol. The summed E-state index contributed by atoms with van der Waals surface area (Å²) in [7, 11) is 0. The molecule has 1 saturated heterocycles. The van der Waals surface area contributed by atoms with Gasteiger partial charge in [-0.05, 0) is 43.0 Å². The Morgan fingerprint density at radius 3 is 2.76 bits per heavy atom. The van der Waals surface area contributed by atoms with Crippen LogP contribution in [0.4, 0.5) is 0 Å². The molecule has 132 valence electrons. The van der Waals surface area contributed by atoms with Gasteiger partial charge in [-0.2, -0.15) is 4.80 Å². The van der Waals surface area contributed by atoms with Crippen molar-refractivity contribution in [3.63, 3.8) is 0 Å². The number of hydrogen-bond acceptors (Lipinski definition) is 5. The van der Waals surface area contributed by atoms with Gasteiger partial charge in [-0.3, -0.25) is 4.79 Å². The van der Waals surface area contributed by atoms with Crippen LogP contribution >= 0.6 is 0 Å². The Hall–Kier alpha value is -2.28. The van der Waals surface area contributed by atoms with Crippen molar-refractivity contribution in [1.29, 1.82) is 0 Å². The molecule has 2 heterocycles. The van der Waals surface area contributed by atoms with Crippen molar-refractivity contribution in [2.24, 2.45) is 0 Å². The lowest BCUT2D eigenvalue weighted by molar-refractivity contribution is 0.0876. The molecule has 1 atom stereocenters. The molecule has 4 rings (SSSR count). The average Bonchev–Trinajstić information content (AvgIpc) is 3.38. The second-order valence-electron chi connectivity index (χ2n) is 6.91. The van der Waals surface area contributed by atoms with Gasteiger partial charge in [0, 0.05) is 12.2 Å². The van der Waals surface area contributed by atoms with Crippen LogP contribution in [0.25, 0.3) is 0 Å². The highest BCUT2D eigenvalue weighted by Gasteiger charge is 2.41. The van der Waals surface area contributed by atoms with Gasteiger partial charge in [0.25, 0.3) is 5.91 Å². The van der Waals surface area contributed by atoms with Gasteiger partial charge in [0.2, 0.25) is 0 Å². The second kappa shape index (κ2) is 6.92. The van der Waals surface area contributed by atoms with Crippen LogP contribution < -0.4 is 5.32 Å². The Morgan fingerprint density at radius 2 is 2.04 bits per heavy atom. The van der Waals surface area contributed by atoms with Crippen LogP contribution in [0.5, 0.6) is 0 Å². The number of hydrogen-bond donors (Lipinski definition) is 1. The third kappa shape index (κ3) is 3.42. The maximum atomic E-state index is 12.7. The number of tetrazole rings is 1. The fourth-order valence-corrected chi connectivity index (χ4v) is 3.74. The molecule has 1 aliphatic heterocycles. The lowest BCUT2D eigenvalue weighted by atomic mass is 9.96. The minimum Gasteiger partial charge on any atom is -0.376 e. The first-order valence-corrected chi connectivity index (χ1v) is 9.03. The van der Waals surface area contributed by atoms with Crippen molar-refractivity contribution in [2.75, 3.05) is 6.61 Å². The monoisotopic (exact) mass is 341 g/mol. The van der Waals surface area contributed by atoms with Crippen LogP contribution in [0.15, 0.2) is 30.3 Å². The van der Waals surface area contributed by atoms with E-state index in [1.165, 1.54) is 0 Å². The summed E-state index contributed by atoms with van der Waals surface area (Å²) < 4.78 is 5.64. The summed E-state index contributed by atoms with van der Waals surface area (Å²) in [5.74, 6) is 0.533. The number of aromatic nitrogens is 4. The quantitative estimate of drug-likeness (QED) is 0.900. The number of carbonyl (C=O) groups excluding carboxylic acids is 1. The number of carbonyl (C=O) groups is 1. The molecule has 1 aromatic carbocycles. The first kappa shape index (κ1) is 16.2. The van der Waals surface area contributed by atoms with E-state index >= 15 is 0 Å². The molecule has 0 unspecified atom stereocenters. The van der Waals surface area contributed by atoms with Crippen molar-refractivity contribution in [1.82, 2.24) is 25.5 Å². The van der Waals surface area contributed by atoms with E-state index in [1.807, 2.05) is 30.3 Å². The molecule has 7 nitrogen and oxygen atoms in total. The van der Waals surface area contributed by atoms with Crippen molar-refractivity contribution < 1.29 is 9.53 Å². The van der Waals surface area contributed by atoms with E-state index in [0.29, 0.717) is 17.9 Å². The topological polar surface area (TPSA) is 81.9 Å². The summed E-state index contributed by atoms with van der Waals surface area (Å²) in [6.45, 7) is 1.43. The third-order valence-corrected chi connectivity index (χ3v) is 5.12. The van der Waals surface area contributed by atoms with Gasteiger partial charge >= 0.3 is 0 Å². The van der Waals surface area contributed by atoms with Gasteiger partial charge in [0.1, 0.15) is 5.54 Å². The molecule has 1 saturated carbocycles. The van der Waals surface area contributed by atoms with Crippen molar-refractivity contribution >= 4 is 5.91 Å². The van der Waals surface area contributed by atoms with Crippen molar-refractivity contribution in [3.05, 3.63) is 41.7 Å². The molecule has 25 heavy (non-hydrogen) atoms. The van der Waals surface area contributed by atoms with Gasteiger partial charge < -0.3 is 10.1 Å². The molecule has 7 heteroatoms. The van der Waals surface area contributed by atoms with Gasteiger partial charge in [0.15, 0.2) is 5.82 Å². The number of nitrogens with zero attached hydrogens (tertiary/aromatic N) is 4. The highest BCUT2D eigenvalue weighted by molar-refractivity contribution is 5.94. The van der Waals surface area contributed by atoms with E-state index in [4.69, 9.17) is 4.74 Å². The van der Waals surface area contributed by atoms with E-state index in [9.17, 15) is 4.79 Å². The van der Waals surface area contributed by atoms with Crippen LogP contribution in [-0.2, 0) is 16.8 Å². The molecule has 1 aromatic heterocycles. The normalized spacial score (nSPS) is 22.2. The smallest absolute Gasteiger partial charge is 0.252 e. The van der Waals surface area contributed by atoms with Crippen LogP contribution in [0.3, 0.4) is 0 Å². The third-order valence-electron chi connectivity index (χ3n) is 5.12. The first-order chi connectivity index (χ1) is 12.3. The predicted octanol–water partition coefficient (Wildman–Crippen LogP) is 2.05. The van der Waals surface area contributed by atoms with Crippen LogP contribution in [0.2, 0.25) is 0 Å². The van der Waals surface area contributed by atoms with Crippen LogP contribution in [0, 0.1) is 0 Å². The molecule has 2 fully saturated rings. The maximum absolute atomic E-state index is 12.7. The highest BCUT2D eigenvalue weighted by Crippen LogP contribution is 2.37. The minimum atomic E-state index is -0.512. The Labute approximate surface area is 146 Å². The van der Waals surface area contributed by atoms with Crippen molar-refractivity contribution in [2.45, 2.75) is 56.7 Å². The summed E-state index contributed by atoms with van der Waals surface area (Å²) in [6.07, 6.45) is 6.08. The Bertz CT molecular complexity index is 718. The van der Waals surface area contributed by atoms with E-state index in [1.54, 1.807) is 4.80 Å². The lowest BCUT2D eigenvalue weighted by Gasteiger charge is -2.26. The Balaban J connectivity index is 1.52. The zero-order valence-electron chi connectivity index (χ0n) is 14.2. The average molecular weight is 341 g/mol. The Morgan fingerprint density at radius 1 is 1.24 bits per heavy atom. The summed E-state index contributed by atoms with van der Waals surface area (Å²) >= 11 is 0. The number of ether oxygens (including phenoxy) is 1. The second-order valence-corrected chi connectivity index (χ2v) is 6.91. The predicted molar refractivity (Wildman–Crippen MR) is 90.8 cm³/mol. The van der Waals surface area contributed by atoms with Gasteiger partial charge in [0.05, 0.1) is 12.6 Å². The Kier molecular flexibility index (Phi) is 4.48. The van der Waals surface area contributed by atoms with E-state index in [2.05, 4.69) is 20.7 Å². The molecule has 1 amide bonds. The molecule has 0 radical (unpaired) electrons. The summed E-state index contributed by atoms with van der Waals surface area (Å²) in [4.78, 5) is 14.3. The SMILES string of the molecule is O=C(NC1(c2nnn(C[C@H]3CCCO3)n2)CCCC1)c1ccccc1. The molecule has 2 aromatic rings. The minimum absolute atomic E-state index is 0.0852. The largest absolute Gasteiger partial charge is 0.376 e. The van der Waals surface area contributed by atoms with E-state index < -0.39 is 5.54 Å². The molecule has 1 N–H and O–H groups in total. The van der Waals surface area contributed by atoms with Gasteiger partial charge in [-0.1, -0.05) is 31.0 Å². The molecule has 0 bridgehead atoms. The molecule has 0 spiro atoms. The highest BCUT2D eigenvalue weighted by atomic mass is 16.5. The van der Waals surface area contributed by atoms with Gasteiger partial charge in [-0.25, -0.2) is 0 Å². The number of rotatable bonds is 5. The fourth-order valence-electron chi connectivity index (χ4n) is 3.74. The summed E-state index contributed by atoms with van der Waals surface area (Å²) in [6, 6.07) is 9.28. The zero-order chi connectivity index (χ0) is 17.1. The number of amides is 1. The molecular formula is C18H23N5O2. The summed E-state index contributed by atoms with van der Waals surface area (Å²) in [5.41, 5.74) is 0.141. The zero-order valence-corrected chi connectivity index (χ0v) is 14.2. The fraction of sp³-hybridized carbons (Fsp3) is 0.556. The molecule has 1 aliphatic carbocycles. The maximum Gasteiger partial charge on any atom is 0.252 e. The van der Waals surface area contributed by atoms with Gasteiger partial charge in [-0.15, -0.1) is 10.2 Å². The van der Waals surface area contributed by atoms with Crippen molar-refractivity contribution in [3.8, 4) is 0 Å². The summed E-state index contributed by atoms with van der Waals surface area (Å²) in [5, 5.41) is 16.2. The van der Waals surface area contributed by atoms with E-state index in [-0.39, 0.29) is 12.0 Å².